The van der Waals surface area contributed by atoms with E-state index in [4.69, 9.17) is 4.74 Å². The summed E-state index contributed by atoms with van der Waals surface area (Å²) in [6, 6.07) is 3.94. The maximum Gasteiger partial charge on any atom is 0.410 e. The van der Waals surface area contributed by atoms with Crippen molar-refractivity contribution in [1.29, 1.82) is 0 Å². The van der Waals surface area contributed by atoms with Gasteiger partial charge < -0.3 is 9.64 Å². The lowest BCUT2D eigenvalue weighted by molar-refractivity contribution is 0.0612. The van der Waals surface area contributed by atoms with Crippen LogP contribution in [0.1, 0.15) is 10.5 Å². The van der Waals surface area contributed by atoms with Crippen LogP contribution in [0.25, 0.3) is 9.88 Å². The summed E-state index contributed by atoms with van der Waals surface area (Å²) in [5.74, 6) is -0.0712. The molecule has 0 spiro atoms. The Hall–Kier alpha value is -1.93. The molecule has 2 aliphatic heterocycles. The molecule has 0 radical (unpaired) electrons. The predicted octanol–water partition coefficient (Wildman–Crippen LogP) is 2.15. The number of nitrogens with zero attached hydrogens (tertiary/aromatic N) is 3. The number of thiazole rings is 1. The van der Waals surface area contributed by atoms with Gasteiger partial charge in [-0.05, 0) is 11.4 Å². The van der Waals surface area contributed by atoms with Crippen molar-refractivity contribution in [3.05, 3.63) is 28.6 Å². The largest absolute Gasteiger partial charge is 0.447 e. The second kappa shape index (κ2) is 5.36. The molecule has 1 unspecified atom stereocenters. The van der Waals surface area contributed by atoms with Gasteiger partial charge in [0.1, 0.15) is 17.3 Å². The monoisotopic (exact) mass is 335 g/mol. The topological polar surface area (TPSA) is 62.7 Å². The Balaban J connectivity index is 1.49. The first-order valence-electron chi connectivity index (χ1n) is 6.94. The van der Waals surface area contributed by atoms with Gasteiger partial charge in [-0.15, -0.1) is 22.7 Å². The number of hydrogen-bond acceptors (Lipinski definition) is 6. The first-order chi connectivity index (χ1) is 10.7. The summed E-state index contributed by atoms with van der Waals surface area (Å²) in [7, 11) is 0. The van der Waals surface area contributed by atoms with Gasteiger partial charge in [0.05, 0.1) is 10.9 Å². The number of ether oxygens (including phenoxy) is 1. The summed E-state index contributed by atoms with van der Waals surface area (Å²) in [6.45, 7) is 1.92. The number of thiophene rings is 1. The van der Waals surface area contributed by atoms with Crippen LogP contribution in [0.5, 0.6) is 0 Å². The highest BCUT2D eigenvalue weighted by Gasteiger charge is 2.39. The smallest absolute Gasteiger partial charge is 0.410 e. The Morgan fingerprint density at radius 3 is 3.09 bits per heavy atom. The summed E-state index contributed by atoms with van der Waals surface area (Å²) >= 11 is 3.09. The minimum absolute atomic E-state index is 0.0272. The second-order valence-electron chi connectivity index (χ2n) is 5.19. The molecular weight excluding hydrogens is 322 g/mol. The molecule has 1 atom stereocenters. The maximum atomic E-state index is 12.6. The standard InChI is InChI=1S/C14H13N3O3S2/c18-13(10-8-22-12(15-10)11-2-1-5-21-11)16-3-4-17-9(6-16)7-20-14(17)19/h1-2,5,8-9H,3-4,6-7H2. The van der Waals surface area contributed by atoms with Crippen molar-refractivity contribution < 1.29 is 14.3 Å². The quantitative estimate of drug-likeness (QED) is 0.844. The van der Waals surface area contributed by atoms with Gasteiger partial charge in [0.2, 0.25) is 0 Å². The van der Waals surface area contributed by atoms with Crippen LogP contribution in [0.2, 0.25) is 0 Å². The fourth-order valence-electron chi connectivity index (χ4n) is 2.72. The lowest BCUT2D eigenvalue weighted by Crippen LogP contribution is -2.53. The third-order valence-electron chi connectivity index (χ3n) is 3.86. The first kappa shape index (κ1) is 13.7. The molecule has 6 nitrogen and oxygen atoms in total. The predicted molar refractivity (Wildman–Crippen MR) is 83.2 cm³/mol. The highest BCUT2D eigenvalue weighted by molar-refractivity contribution is 7.20. The van der Waals surface area contributed by atoms with E-state index in [-0.39, 0.29) is 18.0 Å². The van der Waals surface area contributed by atoms with Gasteiger partial charge in [-0.25, -0.2) is 9.78 Å². The van der Waals surface area contributed by atoms with Crippen molar-refractivity contribution >= 4 is 34.7 Å². The number of amides is 2. The van der Waals surface area contributed by atoms with E-state index in [1.54, 1.807) is 26.5 Å². The minimum atomic E-state index is -0.272. The number of carbonyl (C=O) groups is 2. The lowest BCUT2D eigenvalue weighted by atomic mass is 10.2. The van der Waals surface area contributed by atoms with Crippen molar-refractivity contribution in [3.63, 3.8) is 0 Å². The molecule has 114 valence electrons. The van der Waals surface area contributed by atoms with E-state index in [9.17, 15) is 9.59 Å². The Morgan fingerprint density at radius 2 is 2.27 bits per heavy atom. The van der Waals surface area contributed by atoms with Crippen LogP contribution in [0, 0.1) is 0 Å². The number of hydrogen-bond donors (Lipinski definition) is 0. The maximum absolute atomic E-state index is 12.6. The van der Waals surface area contributed by atoms with Gasteiger partial charge >= 0.3 is 6.09 Å². The van der Waals surface area contributed by atoms with E-state index < -0.39 is 0 Å². The van der Waals surface area contributed by atoms with Crippen LogP contribution in [-0.4, -0.2) is 59.1 Å². The summed E-state index contributed by atoms with van der Waals surface area (Å²) in [6.07, 6.45) is -0.272. The second-order valence-corrected chi connectivity index (χ2v) is 7.00. The molecule has 0 bridgehead atoms. The number of piperazine rings is 1. The zero-order valence-electron chi connectivity index (χ0n) is 11.6. The normalized spacial score (nSPS) is 20.9. The summed E-state index contributed by atoms with van der Waals surface area (Å²) in [4.78, 5) is 33.0. The van der Waals surface area contributed by atoms with E-state index in [1.165, 1.54) is 11.3 Å². The summed E-state index contributed by atoms with van der Waals surface area (Å²) in [5.41, 5.74) is 0.479. The minimum Gasteiger partial charge on any atom is -0.447 e. The Labute approximate surface area is 134 Å². The average molecular weight is 335 g/mol. The van der Waals surface area contributed by atoms with Crippen molar-refractivity contribution in [2.75, 3.05) is 26.2 Å². The van der Waals surface area contributed by atoms with Gasteiger partial charge in [0, 0.05) is 25.0 Å². The van der Waals surface area contributed by atoms with Crippen LogP contribution < -0.4 is 0 Å². The molecule has 0 aliphatic carbocycles. The zero-order chi connectivity index (χ0) is 15.1. The number of aromatic nitrogens is 1. The zero-order valence-corrected chi connectivity index (χ0v) is 13.2. The molecule has 2 aliphatic rings. The molecule has 0 aromatic carbocycles. The SMILES string of the molecule is O=C(c1csc(-c2cccs2)n1)N1CCN2C(=O)OCC2C1. The van der Waals surface area contributed by atoms with E-state index in [2.05, 4.69) is 4.98 Å². The van der Waals surface area contributed by atoms with E-state index in [0.29, 0.717) is 31.9 Å². The van der Waals surface area contributed by atoms with Gasteiger partial charge in [-0.3, -0.25) is 9.69 Å². The molecule has 22 heavy (non-hydrogen) atoms. The molecule has 0 N–H and O–H groups in total. The van der Waals surface area contributed by atoms with E-state index in [1.807, 2.05) is 17.5 Å². The molecule has 8 heteroatoms. The third-order valence-corrected chi connectivity index (χ3v) is 5.74. The molecule has 4 rings (SSSR count). The van der Waals surface area contributed by atoms with Crippen molar-refractivity contribution in [2.45, 2.75) is 6.04 Å². The Morgan fingerprint density at radius 1 is 1.36 bits per heavy atom. The number of cyclic esters (lactones) is 1. The van der Waals surface area contributed by atoms with E-state index in [0.717, 1.165) is 9.88 Å². The lowest BCUT2D eigenvalue weighted by Gasteiger charge is -2.34. The van der Waals surface area contributed by atoms with Crippen molar-refractivity contribution in [3.8, 4) is 9.88 Å². The van der Waals surface area contributed by atoms with Gasteiger partial charge in [0.25, 0.3) is 5.91 Å². The average Bonchev–Trinajstić information content (AvgIpc) is 3.27. The molecule has 2 saturated heterocycles. The fourth-order valence-corrected chi connectivity index (χ4v) is 4.33. The third kappa shape index (κ3) is 2.28. The Kier molecular flexibility index (Phi) is 3.34. The van der Waals surface area contributed by atoms with Crippen LogP contribution in [0.3, 0.4) is 0 Å². The van der Waals surface area contributed by atoms with Crippen LogP contribution in [-0.2, 0) is 4.74 Å². The molecular formula is C14H13N3O3S2. The van der Waals surface area contributed by atoms with Gasteiger partial charge in [0.15, 0.2) is 0 Å². The molecule has 2 amide bonds. The first-order valence-corrected chi connectivity index (χ1v) is 8.70. The number of carbonyl (C=O) groups excluding carboxylic acids is 2. The highest BCUT2D eigenvalue weighted by atomic mass is 32.1. The molecule has 2 aromatic heterocycles. The fraction of sp³-hybridized carbons (Fsp3) is 0.357. The number of rotatable bonds is 2. The van der Waals surface area contributed by atoms with E-state index >= 15 is 0 Å². The van der Waals surface area contributed by atoms with Crippen molar-refractivity contribution in [2.24, 2.45) is 0 Å². The molecule has 0 saturated carbocycles. The summed E-state index contributed by atoms with van der Waals surface area (Å²) in [5, 5.41) is 4.67. The number of fused-ring (bicyclic) bond motifs is 1. The Bertz CT molecular complexity index is 713. The molecule has 2 fully saturated rings. The van der Waals surface area contributed by atoms with Crippen LogP contribution >= 0.6 is 22.7 Å². The molecule has 2 aromatic rings. The molecule has 4 heterocycles. The van der Waals surface area contributed by atoms with Crippen LogP contribution in [0.4, 0.5) is 4.79 Å². The summed E-state index contributed by atoms with van der Waals surface area (Å²) < 4.78 is 5.02. The van der Waals surface area contributed by atoms with Gasteiger partial charge in [-0.1, -0.05) is 6.07 Å². The van der Waals surface area contributed by atoms with Crippen molar-refractivity contribution in [1.82, 2.24) is 14.8 Å². The van der Waals surface area contributed by atoms with Crippen LogP contribution in [0.15, 0.2) is 22.9 Å². The van der Waals surface area contributed by atoms with Gasteiger partial charge in [-0.2, -0.15) is 0 Å². The highest BCUT2D eigenvalue weighted by Crippen LogP contribution is 2.28.